The van der Waals surface area contributed by atoms with Crippen LogP contribution in [0.2, 0.25) is 0 Å². The summed E-state index contributed by atoms with van der Waals surface area (Å²) in [5.74, 6) is 0. The fourth-order valence-corrected chi connectivity index (χ4v) is 0. The number of hydrogen-bond donors (Lipinski definition) is 4. The molecule has 0 aliphatic rings. The molecule has 0 saturated carbocycles. The summed E-state index contributed by atoms with van der Waals surface area (Å²) in [5, 5.41) is 0. The van der Waals surface area contributed by atoms with Gasteiger partial charge in [-0.15, -0.1) is 0 Å². The molecule has 0 rings (SSSR count). The maximum atomic E-state index is 8.85. The van der Waals surface area contributed by atoms with Crippen LogP contribution in [-0.2, 0) is 33.9 Å². The second-order valence-electron chi connectivity index (χ2n) is 0.896. The molecule has 8 nitrogen and oxygen atoms in total. The van der Waals surface area contributed by atoms with Gasteiger partial charge in [0.1, 0.15) is 0 Å². The Morgan fingerprint density at radius 2 is 1.00 bits per heavy atom. The van der Waals surface area contributed by atoms with Gasteiger partial charge in [0.2, 0.25) is 0 Å². The van der Waals surface area contributed by atoms with Crippen molar-refractivity contribution in [2.75, 3.05) is 0 Å². The molecule has 0 saturated heterocycles. The molecule has 0 atom stereocenters. The first-order chi connectivity index (χ1) is 4.00. The fourth-order valence-electron chi connectivity index (χ4n) is 0. The van der Waals surface area contributed by atoms with E-state index in [0.717, 1.165) is 0 Å². The summed E-state index contributed by atoms with van der Waals surface area (Å²) >= 11 is -5.52. The van der Waals surface area contributed by atoms with Crippen LogP contribution in [0, 0.1) is 0 Å². The van der Waals surface area contributed by atoms with E-state index in [1.165, 1.54) is 0 Å². The van der Waals surface area contributed by atoms with Gasteiger partial charge in [-0.2, -0.15) is 8.42 Å². The Morgan fingerprint density at radius 1 is 1.00 bits per heavy atom. The van der Waals surface area contributed by atoms with Crippen molar-refractivity contribution in [1.29, 1.82) is 0 Å². The third kappa shape index (κ3) is 66000. The minimum absolute atomic E-state index is 4.67. The van der Waals surface area contributed by atoms with E-state index in [9.17, 15) is 0 Å². The van der Waals surface area contributed by atoms with Crippen molar-refractivity contribution in [3.8, 4) is 0 Å². The quantitative estimate of drug-likeness (QED) is 0.288. The molecule has 0 spiro atoms. The van der Waals surface area contributed by atoms with E-state index in [1.807, 2.05) is 0 Å². The molecule has 0 fully saturated rings. The summed E-state index contributed by atoms with van der Waals surface area (Å²) in [5.41, 5.74) is 0. The number of rotatable bonds is 0. The van der Waals surface area contributed by atoms with Crippen LogP contribution in [0.15, 0.2) is 0 Å². The first kappa shape index (κ1) is 12.7. The average molecular weight is 260 g/mol. The molecule has 0 bridgehead atoms. The molecule has 0 aromatic carbocycles. The zero-order valence-electron chi connectivity index (χ0n) is 4.24. The third-order valence-electron chi connectivity index (χ3n) is 0. The van der Waals surface area contributed by atoms with Crippen molar-refractivity contribution in [1.82, 2.24) is 0 Å². The van der Waals surface area contributed by atoms with Crippen LogP contribution in [-0.4, -0.2) is 25.0 Å². The molecule has 10 heavy (non-hydrogen) atoms. The van der Waals surface area contributed by atoms with Gasteiger partial charge in [-0.1, -0.05) is 0 Å². The van der Waals surface area contributed by atoms with Gasteiger partial charge in [0, 0.05) is 0 Å². The molecule has 0 aromatic heterocycles. The molecular weight excluding hydrogens is 256 g/mol. The zero-order valence-corrected chi connectivity index (χ0v) is 7.06. The Labute approximate surface area is 59.4 Å². The van der Waals surface area contributed by atoms with Gasteiger partial charge in [-0.05, 0) is 0 Å². The first-order valence-corrected chi connectivity index (χ1v) is 6.23. The fraction of sp³-hybridized carbons (Fsp3) is 0. The molecule has 0 amide bonds. The van der Waals surface area contributed by atoms with Crippen molar-refractivity contribution in [3.63, 3.8) is 0 Å². The van der Waals surface area contributed by atoms with E-state index in [2.05, 4.69) is 0 Å². The summed E-state index contributed by atoms with van der Waals surface area (Å²) in [6.45, 7) is 0. The Morgan fingerprint density at radius 3 is 1.00 bits per heavy atom. The molecule has 64 valence electrons. The summed E-state index contributed by atoms with van der Waals surface area (Å²) < 4.78 is 63.6. The van der Waals surface area contributed by atoms with Crippen LogP contribution >= 0.6 is 0 Å². The van der Waals surface area contributed by atoms with Gasteiger partial charge in [0.25, 0.3) is 0 Å². The van der Waals surface area contributed by atoms with Gasteiger partial charge >= 0.3 is 41.5 Å². The molecule has 0 radical (unpaired) electrons. The average Bonchev–Trinajstić information content (AvgIpc) is 1.12. The molecule has 0 aromatic rings. The monoisotopic (exact) mass is 262 g/mol. The Balaban J connectivity index is 0. The van der Waals surface area contributed by atoms with Crippen LogP contribution in [0.25, 0.3) is 0 Å². The summed E-state index contributed by atoms with van der Waals surface area (Å²) in [4.78, 5) is 0. The van der Waals surface area contributed by atoms with E-state index in [4.69, 9.17) is 31.8 Å². The third-order valence-corrected chi connectivity index (χ3v) is 0. The van der Waals surface area contributed by atoms with Gasteiger partial charge in [-0.3, -0.25) is 9.11 Å². The van der Waals surface area contributed by atoms with Crippen molar-refractivity contribution in [3.05, 3.63) is 0 Å². The predicted octanol–water partition coefficient (Wildman–Crippen LogP) is -2.01. The molecule has 10 heteroatoms. The van der Waals surface area contributed by atoms with E-state index in [0.29, 0.717) is 0 Å². The van der Waals surface area contributed by atoms with Crippen molar-refractivity contribution in [2.24, 2.45) is 0 Å². The Hall–Kier alpha value is 0.0783. The minimum atomic E-state index is -5.52. The molecule has 0 heterocycles. The van der Waals surface area contributed by atoms with Gasteiger partial charge in [0.15, 0.2) is 0 Å². The number of hydrogen-bond acceptors (Lipinski definition) is 4. The topological polar surface area (TPSA) is 149 Å². The van der Waals surface area contributed by atoms with Crippen molar-refractivity contribution in [2.45, 2.75) is 0 Å². The maximum absolute atomic E-state index is 8.85. The molecule has 4 N–H and O–H groups in total. The summed E-state index contributed by atoms with van der Waals surface area (Å²) in [6.07, 6.45) is 0. The van der Waals surface area contributed by atoms with Crippen LogP contribution in [0.3, 0.4) is 0 Å². The van der Waals surface area contributed by atoms with Crippen molar-refractivity contribution >= 4 is 10.4 Å². The second-order valence-corrected chi connectivity index (χ2v) is 3.99. The Kier molecular flexibility index (Phi) is 5.17. The van der Waals surface area contributed by atoms with Crippen LogP contribution < -0.4 is 0 Å². The van der Waals surface area contributed by atoms with E-state index < -0.39 is 27.1 Å². The molecule has 0 aliphatic carbocycles. The van der Waals surface area contributed by atoms with Gasteiger partial charge < -0.3 is 0 Å². The van der Waals surface area contributed by atoms with Gasteiger partial charge in [-0.25, -0.2) is 0 Å². The van der Waals surface area contributed by atoms with E-state index >= 15 is 0 Å². The summed E-state index contributed by atoms with van der Waals surface area (Å²) in [6, 6.07) is 0. The van der Waals surface area contributed by atoms with E-state index in [1.54, 1.807) is 0 Å². The standard InChI is InChI=1S/Mo.H2O4S.2H2O.2O/c;1-5(2,3)4;;;;/h;(H2,1,2,3,4);2*1H2;;/q+2;;;;;/p-2. The Bertz CT molecular complexity index is 206. The SMILES string of the molecule is O=S(=O)(O)O.[O]=[Mo](=[O])([OH])[OH]. The van der Waals surface area contributed by atoms with E-state index in [-0.39, 0.29) is 0 Å². The normalized spacial score (nSPS) is 11.6. The molecular formula is H4MoO8S. The predicted molar refractivity (Wildman–Crippen MR) is 20.0 cm³/mol. The molecule has 0 unspecified atom stereocenters. The zero-order chi connectivity index (χ0) is 9.00. The van der Waals surface area contributed by atoms with Crippen LogP contribution in [0.4, 0.5) is 0 Å². The van der Waals surface area contributed by atoms with Crippen LogP contribution in [0.1, 0.15) is 0 Å². The summed E-state index contributed by atoms with van der Waals surface area (Å²) in [7, 11) is -4.67. The second kappa shape index (κ2) is 4.06. The van der Waals surface area contributed by atoms with Crippen molar-refractivity contribution < 1.29 is 48.6 Å². The van der Waals surface area contributed by atoms with Gasteiger partial charge in [0.05, 0.1) is 0 Å². The first-order valence-electron chi connectivity index (χ1n) is 1.40. The molecule has 0 aliphatic heterocycles. The van der Waals surface area contributed by atoms with Crippen LogP contribution in [0.5, 0.6) is 0 Å².